The number of hydrogen-bond donors (Lipinski definition) is 1. The molecule has 2 aromatic rings. The number of carbonyl (C=O) groups excluding carboxylic acids is 1. The van der Waals surface area contributed by atoms with E-state index in [1.165, 1.54) is 6.08 Å². The number of aromatic nitrogens is 1. The summed E-state index contributed by atoms with van der Waals surface area (Å²) in [6.07, 6.45) is 3.28. The van der Waals surface area contributed by atoms with Gasteiger partial charge in [-0.05, 0) is 53.3 Å². The van der Waals surface area contributed by atoms with E-state index in [-0.39, 0.29) is 5.91 Å². The second kappa shape index (κ2) is 6.47. The van der Waals surface area contributed by atoms with Crippen molar-refractivity contribution in [3.63, 3.8) is 0 Å². The Morgan fingerprint density at radius 2 is 1.95 bits per heavy atom. The zero-order chi connectivity index (χ0) is 13.7. The van der Waals surface area contributed by atoms with Gasteiger partial charge in [-0.2, -0.15) is 0 Å². The summed E-state index contributed by atoms with van der Waals surface area (Å²) in [5.74, 6) is 0.387. The lowest BCUT2D eigenvalue weighted by Gasteiger charge is -2.03. The Bertz CT molecular complexity index is 609. The summed E-state index contributed by atoms with van der Waals surface area (Å²) in [5.41, 5.74) is 1.90. The predicted molar refractivity (Wildman–Crippen MR) is 85.8 cm³/mol. The molecule has 0 unspecified atom stereocenters. The van der Waals surface area contributed by atoms with Crippen molar-refractivity contribution in [1.29, 1.82) is 0 Å². The topological polar surface area (TPSA) is 42.0 Å². The number of aryl methyl sites for hydroxylation is 1. The molecule has 0 aliphatic rings. The molecule has 1 heterocycles. The lowest BCUT2D eigenvalue weighted by molar-refractivity contribution is -0.111. The Morgan fingerprint density at radius 3 is 2.63 bits per heavy atom. The van der Waals surface area contributed by atoms with Crippen LogP contribution in [0.1, 0.15) is 11.3 Å². The normalized spacial score (nSPS) is 10.6. The number of nitrogens with zero attached hydrogens (tertiary/aromatic N) is 1. The second-order valence-electron chi connectivity index (χ2n) is 4.00. The van der Waals surface area contributed by atoms with Crippen LogP contribution in [0.5, 0.6) is 0 Å². The van der Waals surface area contributed by atoms with Gasteiger partial charge in [0.1, 0.15) is 5.82 Å². The van der Waals surface area contributed by atoms with Crippen molar-refractivity contribution in [2.24, 2.45) is 0 Å². The average molecular weight is 364 g/mol. The number of nitrogens with one attached hydrogen (secondary N) is 1. The van der Waals surface area contributed by atoms with Gasteiger partial charge in [0.2, 0.25) is 5.91 Å². The number of amides is 1. The van der Waals surface area contributed by atoms with E-state index in [0.29, 0.717) is 5.82 Å². The van der Waals surface area contributed by atoms with Gasteiger partial charge in [0.25, 0.3) is 0 Å². The molecule has 96 valence electrons. The highest BCUT2D eigenvalue weighted by molar-refractivity contribution is 14.1. The van der Waals surface area contributed by atoms with Crippen molar-refractivity contribution < 1.29 is 4.79 Å². The van der Waals surface area contributed by atoms with Crippen LogP contribution in [0.4, 0.5) is 5.82 Å². The van der Waals surface area contributed by atoms with Gasteiger partial charge >= 0.3 is 0 Å². The number of halogens is 1. The van der Waals surface area contributed by atoms with Crippen LogP contribution in [-0.2, 0) is 4.79 Å². The molecule has 0 atom stereocenters. The van der Waals surface area contributed by atoms with Crippen molar-refractivity contribution in [3.05, 3.63) is 63.4 Å². The first-order valence-electron chi connectivity index (χ1n) is 5.82. The molecule has 0 aliphatic heterocycles. The molecule has 0 saturated heterocycles. The fraction of sp³-hybridized carbons (Fsp3) is 0.0667. The first-order chi connectivity index (χ1) is 9.15. The van der Waals surface area contributed by atoms with Gasteiger partial charge in [-0.15, -0.1) is 0 Å². The summed E-state index contributed by atoms with van der Waals surface area (Å²) < 4.78 is 1.08. The lowest BCUT2D eigenvalue weighted by atomic mass is 10.2. The quantitative estimate of drug-likeness (QED) is 0.668. The van der Waals surface area contributed by atoms with Crippen LogP contribution in [0.3, 0.4) is 0 Å². The molecule has 1 N–H and O–H groups in total. The minimum absolute atomic E-state index is 0.183. The maximum absolute atomic E-state index is 11.7. The van der Waals surface area contributed by atoms with Crippen molar-refractivity contribution in [2.45, 2.75) is 6.92 Å². The summed E-state index contributed by atoms with van der Waals surface area (Å²) in [6.45, 7) is 1.91. The fourth-order valence-corrected chi connectivity index (χ4v) is 1.82. The van der Waals surface area contributed by atoms with Gasteiger partial charge < -0.3 is 5.32 Å². The third kappa shape index (κ3) is 4.17. The van der Waals surface area contributed by atoms with Crippen LogP contribution >= 0.6 is 22.6 Å². The van der Waals surface area contributed by atoms with E-state index >= 15 is 0 Å². The highest BCUT2D eigenvalue weighted by Crippen LogP contribution is 2.12. The minimum Gasteiger partial charge on any atom is -0.307 e. The number of anilines is 1. The zero-order valence-electron chi connectivity index (χ0n) is 10.4. The molecule has 0 spiro atoms. The Hall–Kier alpha value is -1.69. The van der Waals surface area contributed by atoms with Gasteiger partial charge in [0, 0.05) is 9.65 Å². The van der Waals surface area contributed by atoms with Crippen molar-refractivity contribution >= 4 is 40.4 Å². The van der Waals surface area contributed by atoms with E-state index in [2.05, 4.69) is 32.9 Å². The Morgan fingerprint density at radius 1 is 1.21 bits per heavy atom. The molecule has 0 bridgehead atoms. The molecular formula is C15H13IN2O. The molecule has 4 heteroatoms. The lowest BCUT2D eigenvalue weighted by Crippen LogP contribution is -2.09. The number of rotatable bonds is 3. The summed E-state index contributed by atoms with van der Waals surface area (Å²) in [6, 6.07) is 13.4. The molecule has 3 nitrogen and oxygen atoms in total. The molecule has 19 heavy (non-hydrogen) atoms. The van der Waals surface area contributed by atoms with Crippen LogP contribution in [0, 0.1) is 10.5 Å². The Balaban J connectivity index is 2.01. The molecule has 0 fully saturated rings. The smallest absolute Gasteiger partial charge is 0.249 e. The van der Waals surface area contributed by atoms with E-state index in [9.17, 15) is 4.79 Å². The summed E-state index contributed by atoms with van der Waals surface area (Å²) in [5, 5.41) is 2.74. The van der Waals surface area contributed by atoms with E-state index in [4.69, 9.17) is 0 Å². The molecule has 0 saturated carbocycles. The first kappa shape index (κ1) is 13.7. The third-order valence-electron chi connectivity index (χ3n) is 2.50. The number of hydrogen-bond acceptors (Lipinski definition) is 2. The van der Waals surface area contributed by atoms with Gasteiger partial charge in [-0.3, -0.25) is 4.79 Å². The highest BCUT2D eigenvalue weighted by Gasteiger charge is 2.01. The van der Waals surface area contributed by atoms with Gasteiger partial charge in [-0.1, -0.05) is 30.3 Å². The largest absolute Gasteiger partial charge is 0.307 e. The number of carbonyl (C=O) groups is 1. The summed E-state index contributed by atoms with van der Waals surface area (Å²) in [7, 11) is 0. The minimum atomic E-state index is -0.183. The molecule has 0 aliphatic carbocycles. The molecule has 1 amide bonds. The van der Waals surface area contributed by atoms with Crippen LogP contribution in [0.15, 0.2) is 48.5 Å². The van der Waals surface area contributed by atoms with E-state index in [1.54, 1.807) is 12.1 Å². The Labute approximate surface area is 125 Å². The van der Waals surface area contributed by atoms with Gasteiger partial charge in [-0.25, -0.2) is 4.98 Å². The number of pyridine rings is 1. The molecule has 2 rings (SSSR count). The van der Waals surface area contributed by atoms with Gasteiger partial charge in [0.05, 0.1) is 5.69 Å². The zero-order valence-corrected chi connectivity index (χ0v) is 12.6. The molecule has 0 radical (unpaired) electrons. The summed E-state index contributed by atoms with van der Waals surface area (Å²) >= 11 is 2.21. The van der Waals surface area contributed by atoms with Crippen molar-refractivity contribution in [2.75, 3.05) is 5.32 Å². The van der Waals surface area contributed by atoms with Crippen LogP contribution in [0.25, 0.3) is 6.08 Å². The SMILES string of the molecule is Cc1nc(NC(=O)C=Cc2ccccc2)ccc1I. The highest BCUT2D eigenvalue weighted by atomic mass is 127. The van der Waals surface area contributed by atoms with E-state index in [0.717, 1.165) is 14.8 Å². The molecule has 1 aromatic heterocycles. The standard InChI is InChI=1S/C15H13IN2O/c1-11-13(16)8-9-14(17-11)18-15(19)10-7-12-5-3-2-4-6-12/h2-10H,1H3,(H,17,18,19). The fourth-order valence-electron chi connectivity index (χ4n) is 1.52. The van der Waals surface area contributed by atoms with Crippen LogP contribution in [-0.4, -0.2) is 10.9 Å². The Kier molecular flexibility index (Phi) is 4.68. The van der Waals surface area contributed by atoms with E-state index < -0.39 is 0 Å². The number of benzene rings is 1. The molecular weight excluding hydrogens is 351 g/mol. The summed E-state index contributed by atoms with van der Waals surface area (Å²) in [4.78, 5) is 16.0. The molecule has 1 aromatic carbocycles. The maximum atomic E-state index is 11.7. The van der Waals surface area contributed by atoms with Crippen LogP contribution in [0.2, 0.25) is 0 Å². The monoisotopic (exact) mass is 364 g/mol. The third-order valence-corrected chi connectivity index (χ3v) is 3.64. The predicted octanol–water partition coefficient (Wildman–Crippen LogP) is 3.65. The average Bonchev–Trinajstić information content (AvgIpc) is 2.42. The van der Waals surface area contributed by atoms with Crippen molar-refractivity contribution in [3.8, 4) is 0 Å². The maximum Gasteiger partial charge on any atom is 0.249 e. The second-order valence-corrected chi connectivity index (χ2v) is 5.16. The van der Waals surface area contributed by atoms with Crippen molar-refractivity contribution in [1.82, 2.24) is 4.98 Å². The van der Waals surface area contributed by atoms with Gasteiger partial charge in [0.15, 0.2) is 0 Å². The first-order valence-corrected chi connectivity index (χ1v) is 6.90. The van der Waals surface area contributed by atoms with E-state index in [1.807, 2.05) is 43.3 Å². The van der Waals surface area contributed by atoms with Crippen LogP contribution < -0.4 is 5.32 Å².